The summed E-state index contributed by atoms with van der Waals surface area (Å²) in [6.45, 7) is 0. The van der Waals surface area contributed by atoms with Crippen molar-refractivity contribution in [1.29, 1.82) is 0 Å². The molecule has 0 heterocycles. The van der Waals surface area contributed by atoms with E-state index in [9.17, 15) is 14.7 Å². The van der Waals surface area contributed by atoms with E-state index in [1.165, 1.54) is 0 Å². The maximum absolute atomic E-state index is 11.9. The molecule has 0 aromatic heterocycles. The maximum atomic E-state index is 11.9. The van der Waals surface area contributed by atoms with Gasteiger partial charge in [0, 0.05) is 6.42 Å². The van der Waals surface area contributed by atoms with Crippen LogP contribution in [0.2, 0.25) is 0 Å². The molecular formula is C14H20N2O3S. The molecule has 0 unspecified atom stereocenters. The Morgan fingerprint density at radius 1 is 1.35 bits per heavy atom. The SMILES string of the molecule is CSCC[C@@H]([NH3+])C(=O)N[C@H](Cc1ccccc1)C(=O)[O-]. The van der Waals surface area contributed by atoms with E-state index in [1.807, 2.05) is 36.6 Å². The van der Waals surface area contributed by atoms with Crippen LogP contribution in [0.4, 0.5) is 0 Å². The number of carboxylic acids is 1. The van der Waals surface area contributed by atoms with Gasteiger partial charge in [-0.2, -0.15) is 11.8 Å². The van der Waals surface area contributed by atoms with Crippen molar-refractivity contribution in [2.45, 2.75) is 24.9 Å². The fourth-order valence-corrected chi connectivity index (χ4v) is 2.24. The first kappa shape index (κ1) is 16.5. The number of thioether (sulfide) groups is 1. The first-order valence-electron chi connectivity index (χ1n) is 6.41. The molecule has 0 saturated carbocycles. The minimum Gasteiger partial charge on any atom is -0.548 e. The summed E-state index contributed by atoms with van der Waals surface area (Å²) in [4.78, 5) is 23.0. The number of hydrogen-bond acceptors (Lipinski definition) is 4. The number of carbonyl (C=O) groups is 2. The molecule has 0 aliphatic rings. The van der Waals surface area contributed by atoms with Crippen LogP contribution in [0.25, 0.3) is 0 Å². The van der Waals surface area contributed by atoms with Gasteiger partial charge in [0.2, 0.25) is 0 Å². The highest BCUT2D eigenvalue weighted by Crippen LogP contribution is 2.04. The number of carboxylic acid groups (broad SMARTS) is 1. The van der Waals surface area contributed by atoms with E-state index < -0.39 is 18.1 Å². The van der Waals surface area contributed by atoms with Crippen molar-refractivity contribution in [3.8, 4) is 0 Å². The van der Waals surface area contributed by atoms with E-state index in [2.05, 4.69) is 11.1 Å². The third kappa shape index (κ3) is 5.63. The zero-order chi connectivity index (χ0) is 15.0. The zero-order valence-corrected chi connectivity index (χ0v) is 12.3. The van der Waals surface area contributed by atoms with Crippen LogP contribution in [0.1, 0.15) is 12.0 Å². The summed E-state index contributed by atoms with van der Waals surface area (Å²) in [5.74, 6) is -0.806. The van der Waals surface area contributed by atoms with Crippen LogP contribution >= 0.6 is 11.8 Å². The molecule has 0 radical (unpaired) electrons. The molecule has 6 heteroatoms. The number of carbonyl (C=O) groups excluding carboxylic acids is 2. The average molecular weight is 296 g/mol. The van der Waals surface area contributed by atoms with E-state index in [-0.39, 0.29) is 12.3 Å². The van der Waals surface area contributed by atoms with Gasteiger partial charge in [0.1, 0.15) is 0 Å². The van der Waals surface area contributed by atoms with E-state index in [4.69, 9.17) is 0 Å². The number of amides is 1. The second-order valence-corrected chi connectivity index (χ2v) is 5.53. The van der Waals surface area contributed by atoms with E-state index in [1.54, 1.807) is 11.8 Å². The summed E-state index contributed by atoms with van der Waals surface area (Å²) in [5.41, 5.74) is 4.60. The van der Waals surface area contributed by atoms with Gasteiger partial charge in [-0.05, 0) is 24.0 Å². The number of benzene rings is 1. The van der Waals surface area contributed by atoms with Crippen molar-refractivity contribution in [2.24, 2.45) is 0 Å². The lowest BCUT2D eigenvalue weighted by Gasteiger charge is -2.21. The number of aliphatic carboxylic acids is 1. The molecule has 0 aliphatic carbocycles. The van der Waals surface area contributed by atoms with E-state index in [0.717, 1.165) is 11.3 Å². The molecule has 0 spiro atoms. The molecule has 4 N–H and O–H groups in total. The Bertz CT molecular complexity index is 439. The monoisotopic (exact) mass is 296 g/mol. The first-order chi connectivity index (χ1) is 9.54. The lowest BCUT2D eigenvalue weighted by Crippen LogP contribution is -2.69. The summed E-state index contributed by atoms with van der Waals surface area (Å²) in [5, 5.41) is 13.6. The standard InChI is InChI=1S/C14H20N2O3S/c1-20-8-7-11(15)13(17)16-12(14(18)19)9-10-5-3-2-4-6-10/h2-6,11-12H,7-9,15H2,1H3,(H,16,17)(H,18,19)/t11-,12-/m1/s1. The summed E-state index contributed by atoms with van der Waals surface area (Å²) in [6.07, 6.45) is 2.78. The molecule has 1 rings (SSSR count). The Balaban J connectivity index is 2.59. The van der Waals surface area contributed by atoms with E-state index >= 15 is 0 Å². The van der Waals surface area contributed by atoms with Crippen LogP contribution in [-0.4, -0.2) is 36.0 Å². The summed E-state index contributed by atoms with van der Waals surface area (Å²) in [7, 11) is 0. The molecule has 0 fully saturated rings. The summed E-state index contributed by atoms with van der Waals surface area (Å²) < 4.78 is 0. The summed E-state index contributed by atoms with van der Waals surface area (Å²) >= 11 is 1.63. The lowest BCUT2D eigenvalue weighted by atomic mass is 10.1. The molecular weight excluding hydrogens is 276 g/mol. The van der Waals surface area contributed by atoms with Gasteiger partial charge in [-0.25, -0.2) is 0 Å². The van der Waals surface area contributed by atoms with Gasteiger partial charge in [0.05, 0.1) is 12.0 Å². The largest absolute Gasteiger partial charge is 0.548 e. The second-order valence-electron chi connectivity index (χ2n) is 4.55. The lowest BCUT2D eigenvalue weighted by molar-refractivity contribution is -0.404. The Hall–Kier alpha value is -1.53. The molecule has 0 saturated heterocycles. The third-order valence-corrected chi connectivity index (χ3v) is 3.57. The van der Waals surface area contributed by atoms with Crippen molar-refractivity contribution in [3.05, 3.63) is 35.9 Å². The molecule has 1 amide bonds. The van der Waals surface area contributed by atoms with Crippen molar-refractivity contribution in [1.82, 2.24) is 5.32 Å². The molecule has 1 aromatic carbocycles. The molecule has 20 heavy (non-hydrogen) atoms. The second kappa shape index (κ2) is 8.60. The van der Waals surface area contributed by atoms with Gasteiger partial charge in [-0.3, -0.25) is 4.79 Å². The van der Waals surface area contributed by atoms with Gasteiger partial charge in [0.15, 0.2) is 6.04 Å². The van der Waals surface area contributed by atoms with Crippen molar-refractivity contribution in [3.63, 3.8) is 0 Å². The molecule has 5 nitrogen and oxygen atoms in total. The van der Waals surface area contributed by atoms with Crippen LogP contribution in [0.5, 0.6) is 0 Å². The predicted molar refractivity (Wildman–Crippen MR) is 76.8 cm³/mol. The molecule has 2 atom stereocenters. The Labute approximate surface area is 122 Å². The number of hydrogen-bond donors (Lipinski definition) is 2. The quantitative estimate of drug-likeness (QED) is 0.631. The average Bonchev–Trinajstić information content (AvgIpc) is 2.44. The number of rotatable bonds is 8. The first-order valence-corrected chi connectivity index (χ1v) is 7.81. The van der Waals surface area contributed by atoms with Crippen LogP contribution in [-0.2, 0) is 16.0 Å². The minimum absolute atomic E-state index is 0.212. The highest BCUT2D eigenvalue weighted by molar-refractivity contribution is 7.98. The van der Waals surface area contributed by atoms with Crippen molar-refractivity contribution >= 4 is 23.6 Å². The van der Waals surface area contributed by atoms with Crippen LogP contribution in [0.3, 0.4) is 0 Å². The van der Waals surface area contributed by atoms with Crippen LogP contribution in [0, 0.1) is 0 Å². The Morgan fingerprint density at radius 2 is 2.00 bits per heavy atom. The fourth-order valence-electron chi connectivity index (χ4n) is 1.72. The zero-order valence-electron chi connectivity index (χ0n) is 11.5. The van der Waals surface area contributed by atoms with E-state index in [0.29, 0.717) is 6.42 Å². The maximum Gasteiger partial charge on any atom is 0.278 e. The van der Waals surface area contributed by atoms with Crippen LogP contribution < -0.4 is 16.2 Å². The van der Waals surface area contributed by atoms with Crippen LogP contribution in [0.15, 0.2) is 30.3 Å². The summed E-state index contributed by atoms with van der Waals surface area (Å²) in [6, 6.07) is 7.67. The number of quaternary nitrogens is 1. The van der Waals surface area contributed by atoms with Crippen molar-refractivity contribution < 1.29 is 20.4 Å². The smallest absolute Gasteiger partial charge is 0.278 e. The van der Waals surface area contributed by atoms with Gasteiger partial charge in [-0.1, -0.05) is 30.3 Å². The third-order valence-electron chi connectivity index (χ3n) is 2.92. The molecule has 0 aliphatic heterocycles. The van der Waals surface area contributed by atoms with Gasteiger partial charge < -0.3 is 21.0 Å². The Morgan fingerprint density at radius 3 is 2.55 bits per heavy atom. The van der Waals surface area contributed by atoms with Crippen molar-refractivity contribution in [2.75, 3.05) is 12.0 Å². The minimum atomic E-state index is -1.28. The highest BCUT2D eigenvalue weighted by atomic mass is 32.2. The van der Waals surface area contributed by atoms with Gasteiger partial charge >= 0.3 is 0 Å². The fraction of sp³-hybridized carbons (Fsp3) is 0.429. The van der Waals surface area contributed by atoms with Gasteiger partial charge in [-0.15, -0.1) is 0 Å². The normalized spacial score (nSPS) is 13.5. The molecule has 1 aromatic rings. The molecule has 110 valence electrons. The number of nitrogens with one attached hydrogen (secondary N) is 1. The Kier molecular flexibility index (Phi) is 7.11. The predicted octanol–water partition coefficient (Wildman–Crippen LogP) is -1.17. The topological polar surface area (TPSA) is 96.9 Å². The van der Waals surface area contributed by atoms with Gasteiger partial charge in [0.25, 0.3) is 5.91 Å². The molecule has 0 bridgehead atoms. The highest BCUT2D eigenvalue weighted by Gasteiger charge is 2.21.